The van der Waals surface area contributed by atoms with Crippen LogP contribution in [-0.2, 0) is 9.59 Å². The highest BCUT2D eigenvalue weighted by atomic mass is 16.5. The van der Waals surface area contributed by atoms with Crippen molar-refractivity contribution in [2.75, 3.05) is 13.1 Å². The van der Waals surface area contributed by atoms with Gasteiger partial charge < -0.3 is 4.90 Å². The predicted octanol–water partition coefficient (Wildman–Crippen LogP) is 3.51. The fourth-order valence-corrected chi connectivity index (χ4v) is 3.18. The molecule has 0 fully saturated rings. The summed E-state index contributed by atoms with van der Waals surface area (Å²) in [6.45, 7) is 5.88. The molecule has 0 aromatic rings. The van der Waals surface area contributed by atoms with Gasteiger partial charge in [0.2, 0.25) is 11.8 Å². The highest BCUT2D eigenvalue weighted by Crippen LogP contribution is 2.29. The Morgan fingerprint density at radius 2 is 1.72 bits per heavy atom. The van der Waals surface area contributed by atoms with Crippen LogP contribution in [0.25, 0.3) is 0 Å². The molecule has 0 unspecified atom stereocenters. The molecule has 0 bridgehead atoms. The molecule has 0 atom stereocenters. The van der Waals surface area contributed by atoms with E-state index in [-0.39, 0.29) is 17.2 Å². The number of unbranched alkanes of at least 4 members (excludes halogenated alkanes) is 3. The van der Waals surface area contributed by atoms with Crippen molar-refractivity contribution in [1.29, 1.82) is 0 Å². The second-order valence-corrected chi connectivity index (χ2v) is 7.55. The number of hydrogen-bond donors (Lipinski definition) is 2. The molecule has 0 aromatic heterocycles. The summed E-state index contributed by atoms with van der Waals surface area (Å²) in [7, 11) is 0. The molecule has 1 aliphatic heterocycles. The van der Waals surface area contributed by atoms with Crippen LogP contribution in [0.1, 0.15) is 58.8 Å². The van der Waals surface area contributed by atoms with Gasteiger partial charge in [0.25, 0.3) is 0 Å². The Kier molecular flexibility index (Phi) is 7.00. The summed E-state index contributed by atoms with van der Waals surface area (Å²) < 4.78 is 0. The van der Waals surface area contributed by atoms with Crippen molar-refractivity contribution in [2.45, 2.75) is 58.8 Å². The van der Waals surface area contributed by atoms with Gasteiger partial charge in [-0.15, -0.1) is 0 Å². The molecule has 0 aromatic carbocycles. The molecule has 5 nitrogen and oxygen atoms in total. The number of carbonyl (C=O) groups is 2. The molecule has 1 aliphatic carbocycles. The number of carbonyl (C=O) groups excluding carboxylic acids is 2. The van der Waals surface area contributed by atoms with Crippen LogP contribution < -0.4 is 5.48 Å². The van der Waals surface area contributed by atoms with Crippen LogP contribution in [0.15, 0.2) is 35.5 Å². The monoisotopic (exact) mass is 346 g/mol. The minimum Gasteiger partial charge on any atom is -0.338 e. The zero-order valence-corrected chi connectivity index (χ0v) is 15.4. The number of nitrogens with one attached hydrogen (secondary N) is 1. The van der Waals surface area contributed by atoms with Crippen molar-refractivity contribution in [3.8, 4) is 0 Å². The molecule has 2 aliphatic rings. The second kappa shape index (κ2) is 8.99. The molecule has 1 heterocycles. The van der Waals surface area contributed by atoms with E-state index in [1.54, 1.807) is 5.48 Å². The van der Waals surface area contributed by atoms with Gasteiger partial charge in [-0.1, -0.05) is 51.0 Å². The van der Waals surface area contributed by atoms with E-state index in [2.05, 4.69) is 38.2 Å². The van der Waals surface area contributed by atoms with Crippen molar-refractivity contribution in [3.05, 3.63) is 35.5 Å². The molecular weight excluding hydrogens is 316 g/mol. The van der Waals surface area contributed by atoms with Gasteiger partial charge >= 0.3 is 0 Å². The molecule has 0 radical (unpaired) electrons. The first kappa shape index (κ1) is 19.4. The van der Waals surface area contributed by atoms with Crippen LogP contribution in [0.4, 0.5) is 0 Å². The fourth-order valence-electron chi connectivity index (χ4n) is 3.18. The van der Waals surface area contributed by atoms with Crippen LogP contribution >= 0.6 is 0 Å². The topological polar surface area (TPSA) is 69.6 Å². The molecule has 2 N–H and O–H groups in total. The molecule has 138 valence electrons. The third-order valence-electron chi connectivity index (χ3n) is 4.87. The van der Waals surface area contributed by atoms with Gasteiger partial charge in [0.05, 0.1) is 0 Å². The number of hydroxylamine groups is 1. The van der Waals surface area contributed by atoms with Crippen molar-refractivity contribution in [2.24, 2.45) is 5.41 Å². The Labute approximate surface area is 150 Å². The van der Waals surface area contributed by atoms with E-state index in [4.69, 9.17) is 5.21 Å². The Balaban J connectivity index is 1.73. The molecule has 0 saturated heterocycles. The van der Waals surface area contributed by atoms with Crippen LogP contribution in [0, 0.1) is 5.41 Å². The van der Waals surface area contributed by atoms with E-state index < -0.39 is 0 Å². The largest absolute Gasteiger partial charge is 0.338 e. The Morgan fingerprint density at radius 1 is 1.08 bits per heavy atom. The van der Waals surface area contributed by atoms with Crippen molar-refractivity contribution < 1.29 is 14.8 Å². The number of rotatable bonds is 7. The van der Waals surface area contributed by atoms with E-state index in [0.29, 0.717) is 19.4 Å². The smallest absolute Gasteiger partial charge is 0.243 e. The Bertz CT molecular complexity index is 588. The maximum absolute atomic E-state index is 12.4. The standard InChI is InChI=1S/C20H30N2O3/c1-20(2)12-9-16-11-14-22(15-17(16)10-13-20)19(24)8-6-4-3-5-7-18(23)21-25/h9-10,12-13,25H,3-8,11,14-15H2,1-2H3,(H,21,23). The maximum Gasteiger partial charge on any atom is 0.243 e. The second-order valence-electron chi connectivity index (χ2n) is 7.55. The van der Waals surface area contributed by atoms with E-state index >= 15 is 0 Å². The summed E-state index contributed by atoms with van der Waals surface area (Å²) in [6, 6.07) is 0. The minimum absolute atomic E-state index is 0.0686. The normalized spacial score (nSPS) is 18.8. The maximum atomic E-state index is 12.4. The molecule has 2 rings (SSSR count). The zero-order valence-electron chi connectivity index (χ0n) is 15.4. The lowest BCUT2D eigenvalue weighted by Gasteiger charge is -2.29. The summed E-state index contributed by atoms with van der Waals surface area (Å²) >= 11 is 0. The predicted molar refractivity (Wildman–Crippen MR) is 97.9 cm³/mol. The average molecular weight is 346 g/mol. The average Bonchev–Trinajstić information content (AvgIpc) is 2.75. The van der Waals surface area contributed by atoms with Gasteiger partial charge in [-0.2, -0.15) is 0 Å². The summed E-state index contributed by atoms with van der Waals surface area (Å²) in [5, 5.41) is 8.42. The van der Waals surface area contributed by atoms with E-state index in [9.17, 15) is 9.59 Å². The van der Waals surface area contributed by atoms with Crippen LogP contribution in [0.5, 0.6) is 0 Å². The van der Waals surface area contributed by atoms with Gasteiger partial charge in [0.15, 0.2) is 0 Å². The molecule has 0 saturated carbocycles. The minimum atomic E-state index is -0.345. The number of allylic oxidation sites excluding steroid dienone is 3. The quantitative estimate of drug-likeness (QED) is 0.421. The summed E-state index contributed by atoms with van der Waals surface area (Å²) in [5.41, 5.74) is 4.32. The molecule has 25 heavy (non-hydrogen) atoms. The molecule has 0 spiro atoms. The third kappa shape index (κ3) is 6.16. The summed E-state index contributed by atoms with van der Waals surface area (Å²) in [5.74, 6) is -0.123. The van der Waals surface area contributed by atoms with Gasteiger partial charge in [-0.25, -0.2) is 5.48 Å². The van der Waals surface area contributed by atoms with Crippen molar-refractivity contribution in [3.63, 3.8) is 0 Å². The lowest BCUT2D eigenvalue weighted by atomic mass is 9.93. The van der Waals surface area contributed by atoms with Gasteiger partial charge in [-0.05, 0) is 30.4 Å². The first-order chi connectivity index (χ1) is 11.9. The van der Waals surface area contributed by atoms with Crippen molar-refractivity contribution >= 4 is 11.8 Å². The Morgan fingerprint density at radius 3 is 2.40 bits per heavy atom. The van der Waals surface area contributed by atoms with Crippen LogP contribution in [0.2, 0.25) is 0 Å². The molecule has 5 heteroatoms. The van der Waals surface area contributed by atoms with Crippen LogP contribution in [-0.4, -0.2) is 35.0 Å². The van der Waals surface area contributed by atoms with Crippen LogP contribution in [0.3, 0.4) is 0 Å². The molecule has 2 amide bonds. The lowest BCUT2D eigenvalue weighted by molar-refractivity contribution is -0.131. The van der Waals surface area contributed by atoms with E-state index in [1.807, 2.05) is 4.90 Å². The highest BCUT2D eigenvalue weighted by Gasteiger charge is 2.22. The van der Waals surface area contributed by atoms with E-state index in [0.717, 1.165) is 38.6 Å². The van der Waals surface area contributed by atoms with E-state index in [1.165, 1.54) is 11.1 Å². The highest BCUT2D eigenvalue weighted by molar-refractivity contribution is 5.77. The van der Waals surface area contributed by atoms with Crippen molar-refractivity contribution in [1.82, 2.24) is 10.4 Å². The molecular formula is C20H30N2O3. The van der Waals surface area contributed by atoms with Gasteiger partial charge in [0.1, 0.15) is 0 Å². The SMILES string of the molecule is CC1(C)C=CC2=C(C=C1)CN(C(=O)CCCCCCC(=O)NO)CC2. The van der Waals surface area contributed by atoms with Gasteiger partial charge in [0, 0.05) is 31.3 Å². The van der Waals surface area contributed by atoms with Gasteiger partial charge in [-0.3, -0.25) is 14.8 Å². The lowest BCUT2D eigenvalue weighted by Crippen LogP contribution is -2.36. The number of nitrogens with zero attached hydrogens (tertiary/aromatic N) is 1. The first-order valence-electron chi connectivity index (χ1n) is 9.22. The Hall–Kier alpha value is -1.88. The summed E-state index contributed by atoms with van der Waals surface area (Å²) in [6.07, 6.45) is 14.1. The summed E-state index contributed by atoms with van der Waals surface area (Å²) in [4.78, 5) is 25.3. The fraction of sp³-hybridized carbons (Fsp3) is 0.600. The zero-order chi connectivity index (χ0) is 18.3. The third-order valence-corrected chi connectivity index (χ3v) is 4.87. The number of amides is 2. The first-order valence-corrected chi connectivity index (χ1v) is 9.22. The number of hydrogen-bond acceptors (Lipinski definition) is 3.